The summed E-state index contributed by atoms with van der Waals surface area (Å²) in [6.45, 7) is 4.75. The van der Waals surface area contributed by atoms with Crippen LogP contribution in [-0.4, -0.2) is 12.3 Å². The van der Waals surface area contributed by atoms with Gasteiger partial charge in [-0.25, -0.2) is 0 Å². The number of carbonyl (C=O) groups is 1. The van der Waals surface area contributed by atoms with E-state index in [2.05, 4.69) is 23.3 Å². The molecule has 0 saturated carbocycles. The molecule has 0 spiro atoms. The Morgan fingerprint density at radius 2 is 2.20 bits per heavy atom. The standard InChI is InChI=1S/C16H16ClNOS/c1-10-13-6-8-20-16(13)5-7-18(10)12-3-4-14(11(2)19)15(17)9-12/h3-4,6,8-10H,5,7H2,1-2H3. The van der Waals surface area contributed by atoms with Crippen molar-refractivity contribution in [3.8, 4) is 0 Å². The molecule has 2 aromatic rings. The fraction of sp³-hybridized carbons (Fsp3) is 0.312. The quantitative estimate of drug-likeness (QED) is 0.748. The van der Waals surface area contributed by atoms with Crippen LogP contribution < -0.4 is 4.90 Å². The van der Waals surface area contributed by atoms with Crippen molar-refractivity contribution in [1.29, 1.82) is 0 Å². The summed E-state index contributed by atoms with van der Waals surface area (Å²) in [6.07, 6.45) is 1.07. The Balaban J connectivity index is 1.95. The van der Waals surface area contributed by atoms with Gasteiger partial charge in [-0.3, -0.25) is 4.79 Å². The van der Waals surface area contributed by atoms with E-state index in [0.717, 1.165) is 18.7 Å². The predicted molar refractivity (Wildman–Crippen MR) is 85.2 cm³/mol. The first-order valence-electron chi connectivity index (χ1n) is 6.71. The van der Waals surface area contributed by atoms with E-state index >= 15 is 0 Å². The molecule has 0 bridgehead atoms. The van der Waals surface area contributed by atoms with Crippen LogP contribution in [0.25, 0.3) is 0 Å². The van der Waals surface area contributed by atoms with Crippen LogP contribution >= 0.6 is 22.9 Å². The van der Waals surface area contributed by atoms with Crippen molar-refractivity contribution >= 4 is 34.4 Å². The Hall–Kier alpha value is -1.32. The highest BCUT2D eigenvalue weighted by molar-refractivity contribution is 7.10. The first kappa shape index (κ1) is 13.7. The van der Waals surface area contributed by atoms with Gasteiger partial charge in [-0.2, -0.15) is 0 Å². The zero-order valence-electron chi connectivity index (χ0n) is 11.5. The molecule has 1 unspecified atom stereocenters. The van der Waals surface area contributed by atoms with Crippen LogP contribution in [0.1, 0.15) is 40.7 Å². The van der Waals surface area contributed by atoms with Gasteiger partial charge in [0.25, 0.3) is 0 Å². The molecule has 20 heavy (non-hydrogen) atoms. The molecule has 2 heterocycles. The third-order valence-electron chi connectivity index (χ3n) is 3.94. The highest BCUT2D eigenvalue weighted by Gasteiger charge is 2.25. The Labute approximate surface area is 128 Å². The number of rotatable bonds is 2. The van der Waals surface area contributed by atoms with E-state index < -0.39 is 0 Å². The minimum Gasteiger partial charge on any atom is -0.364 e. The molecule has 2 nitrogen and oxygen atoms in total. The van der Waals surface area contributed by atoms with E-state index in [1.54, 1.807) is 6.92 Å². The first-order valence-corrected chi connectivity index (χ1v) is 7.97. The summed E-state index contributed by atoms with van der Waals surface area (Å²) in [4.78, 5) is 15.3. The van der Waals surface area contributed by atoms with E-state index in [-0.39, 0.29) is 5.78 Å². The number of nitrogens with zero attached hydrogens (tertiary/aromatic N) is 1. The molecular weight excluding hydrogens is 290 g/mol. The monoisotopic (exact) mass is 305 g/mol. The summed E-state index contributed by atoms with van der Waals surface area (Å²) in [5.41, 5.74) is 3.09. The predicted octanol–water partition coefficient (Wildman–Crippen LogP) is 4.73. The van der Waals surface area contributed by atoms with Gasteiger partial charge in [-0.15, -0.1) is 11.3 Å². The molecule has 4 heteroatoms. The average molecular weight is 306 g/mol. The largest absolute Gasteiger partial charge is 0.364 e. The number of hydrogen-bond donors (Lipinski definition) is 0. The van der Waals surface area contributed by atoms with E-state index in [4.69, 9.17) is 11.6 Å². The zero-order chi connectivity index (χ0) is 14.3. The molecule has 0 N–H and O–H groups in total. The van der Waals surface area contributed by atoms with Crippen LogP contribution in [0.15, 0.2) is 29.6 Å². The van der Waals surface area contributed by atoms with Crippen LogP contribution in [0, 0.1) is 0 Å². The second-order valence-electron chi connectivity index (χ2n) is 5.14. The summed E-state index contributed by atoms with van der Waals surface area (Å²) in [7, 11) is 0. The van der Waals surface area contributed by atoms with Gasteiger partial charge in [0.05, 0.1) is 11.1 Å². The number of hydrogen-bond acceptors (Lipinski definition) is 3. The Kier molecular flexibility index (Phi) is 3.57. The number of carbonyl (C=O) groups excluding carboxylic acids is 1. The lowest BCUT2D eigenvalue weighted by Gasteiger charge is -2.35. The van der Waals surface area contributed by atoms with Gasteiger partial charge < -0.3 is 4.90 Å². The van der Waals surface area contributed by atoms with Crippen LogP contribution in [0.4, 0.5) is 5.69 Å². The van der Waals surface area contributed by atoms with Gasteiger partial charge >= 0.3 is 0 Å². The molecule has 3 rings (SSSR count). The molecule has 1 aromatic heterocycles. The second kappa shape index (κ2) is 5.23. The van der Waals surface area contributed by atoms with Gasteiger partial charge in [0.1, 0.15) is 0 Å². The third-order valence-corrected chi connectivity index (χ3v) is 5.25. The Bertz CT molecular complexity index is 664. The van der Waals surface area contributed by atoms with Crippen molar-refractivity contribution in [3.05, 3.63) is 50.7 Å². The lowest BCUT2D eigenvalue weighted by molar-refractivity contribution is 0.101. The van der Waals surface area contributed by atoms with Crippen LogP contribution in [0.2, 0.25) is 5.02 Å². The molecule has 0 saturated heterocycles. The third kappa shape index (κ3) is 2.25. The average Bonchev–Trinajstić information content (AvgIpc) is 2.87. The van der Waals surface area contributed by atoms with Crippen molar-refractivity contribution in [2.24, 2.45) is 0 Å². The van der Waals surface area contributed by atoms with Crippen LogP contribution in [0.3, 0.4) is 0 Å². The van der Waals surface area contributed by atoms with Gasteiger partial charge in [0.15, 0.2) is 5.78 Å². The van der Waals surface area contributed by atoms with Gasteiger partial charge in [0.2, 0.25) is 0 Å². The molecule has 1 atom stereocenters. The summed E-state index contributed by atoms with van der Waals surface area (Å²) in [6, 6.07) is 8.30. The van der Waals surface area contributed by atoms with E-state index in [1.165, 1.54) is 10.4 Å². The van der Waals surface area contributed by atoms with Crippen LogP contribution in [0.5, 0.6) is 0 Å². The van der Waals surface area contributed by atoms with E-state index in [0.29, 0.717) is 16.6 Å². The summed E-state index contributed by atoms with van der Waals surface area (Å²) >= 11 is 8.06. The van der Waals surface area contributed by atoms with Crippen molar-refractivity contribution < 1.29 is 4.79 Å². The minimum absolute atomic E-state index is 0.00774. The lowest BCUT2D eigenvalue weighted by Crippen LogP contribution is -2.33. The molecule has 0 aliphatic carbocycles. The topological polar surface area (TPSA) is 20.3 Å². The molecule has 1 aliphatic rings. The SMILES string of the molecule is CC(=O)c1ccc(N2CCc3sccc3C2C)cc1Cl. The lowest BCUT2D eigenvalue weighted by atomic mass is 10.00. The second-order valence-corrected chi connectivity index (χ2v) is 6.55. The smallest absolute Gasteiger partial charge is 0.161 e. The molecular formula is C16H16ClNOS. The molecule has 1 aliphatic heterocycles. The summed E-state index contributed by atoms with van der Waals surface area (Å²) in [5, 5.41) is 2.70. The number of thiophene rings is 1. The maximum Gasteiger partial charge on any atom is 0.161 e. The normalized spacial score (nSPS) is 17.9. The number of Topliss-reactive ketones (excluding diaryl/α,β-unsaturated/α-hetero) is 1. The van der Waals surface area contributed by atoms with Crippen LogP contribution in [-0.2, 0) is 6.42 Å². The number of fused-ring (bicyclic) bond motifs is 1. The van der Waals surface area contributed by atoms with Crippen molar-refractivity contribution in [2.75, 3.05) is 11.4 Å². The number of benzene rings is 1. The molecule has 104 valence electrons. The van der Waals surface area contributed by atoms with Gasteiger partial charge in [-0.05, 0) is 55.5 Å². The maximum absolute atomic E-state index is 11.5. The summed E-state index contributed by atoms with van der Waals surface area (Å²) in [5.74, 6) is 0.00774. The van der Waals surface area contributed by atoms with E-state index in [9.17, 15) is 4.79 Å². The fourth-order valence-electron chi connectivity index (χ4n) is 2.83. The maximum atomic E-state index is 11.5. The van der Waals surface area contributed by atoms with Gasteiger partial charge in [0, 0.05) is 22.7 Å². The highest BCUT2D eigenvalue weighted by Crippen LogP contribution is 2.37. The number of halogens is 1. The minimum atomic E-state index is 0.00774. The van der Waals surface area contributed by atoms with Crippen molar-refractivity contribution in [3.63, 3.8) is 0 Å². The van der Waals surface area contributed by atoms with Crippen molar-refractivity contribution in [1.82, 2.24) is 0 Å². The van der Waals surface area contributed by atoms with Gasteiger partial charge in [-0.1, -0.05) is 11.6 Å². The molecule has 0 amide bonds. The van der Waals surface area contributed by atoms with E-state index in [1.807, 2.05) is 29.5 Å². The first-order chi connectivity index (χ1) is 9.58. The summed E-state index contributed by atoms with van der Waals surface area (Å²) < 4.78 is 0. The Morgan fingerprint density at radius 3 is 2.90 bits per heavy atom. The molecule has 1 aromatic carbocycles. The Morgan fingerprint density at radius 1 is 1.40 bits per heavy atom. The fourth-order valence-corrected chi connectivity index (χ4v) is 4.10. The molecule has 0 radical (unpaired) electrons. The van der Waals surface area contributed by atoms with Crippen molar-refractivity contribution in [2.45, 2.75) is 26.3 Å². The number of ketones is 1. The highest BCUT2D eigenvalue weighted by atomic mass is 35.5. The zero-order valence-corrected chi connectivity index (χ0v) is 13.1. The number of anilines is 1. The molecule has 0 fully saturated rings.